The van der Waals surface area contributed by atoms with E-state index < -0.39 is 34.5 Å². The van der Waals surface area contributed by atoms with Crippen LogP contribution in [0.25, 0.3) is 0 Å². The summed E-state index contributed by atoms with van der Waals surface area (Å²) in [5, 5.41) is 12.4. The van der Waals surface area contributed by atoms with Crippen molar-refractivity contribution >= 4 is 29.2 Å². The zero-order chi connectivity index (χ0) is 22.0. The van der Waals surface area contributed by atoms with E-state index in [0.29, 0.717) is 10.6 Å². The SMILES string of the molecule is Cc1ccc(C(=O)[C@H](C)N(C(=O)c2ccc([N+](=O)[O-])cc2)N2C(=O)CCC2=O)cc1. The molecular formula is C21H19N3O6. The number of Topliss-reactive ketones (excluding diaryl/α,β-unsaturated/α-hetero) is 1. The van der Waals surface area contributed by atoms with E-state index in [1.165, 1.54) is 19.1 Å². The molecule has 2 aromatic carbocycles. The number of hydrazine groups is 1. The summed E-state index contributed by atoms with van der Waals surface area (Å²) in [5.41, 5.74) is 1.07. The number of ketones is 1. The van der Waals surface area contributed by atoms with Gasteiger partial charge in [-0.2, -0.15) is 5.01 Å². The van der Waals surface area contributed by atoms with Crippen LogP contribution in [-0.4, -0.2) is 44.5 Å². The minimum atomic E-state index is -1.15. The molecule has 9 heteroatoms. The van der Waals surface area contributed by atoms with Gasteiger partial charge in [-0.3, -0.25) is 29.3 Å². The summed E-state index contributed by atoms with van der Waals surface area (Å²) in [7, 11) is 0. The summed E-state index contributed by atoms with van der Waals surface area (Å²) in [5.74, 6) is -2.39. The second-order valence-electron chi connectivity index (χ2n) is 6.96. The van der Waals surface area contributed by atoms with Crippen molar-refractivity contribution in [2.75, 3.05) is 0 Å². The number of carbonyl (C=O) groups is 4. The lowest BCUT2D eigenvalue weighted by molar-refractivity contribution is -0.384. The number of nitro benzene ring substituents is 1. The molecule has 1 aliphatic heterocycles. The summed E-state index contributed by atoms with van der Waals surface area (Å²) in [4.78, 5) is 61.1. The molecule has 154 valence electrons. The average molecular weight is 409 g/mol. The maximum atomic E-state index is 13.2. The summed E-state index contributed by atoms with van der Waals surface area (Å²) in [6.07, 6.45) is -0.122. The first-order valence-electron chi connectivity index (χ1n) is 9.25. The molecule has 1 atom stereocenters. The number of aryl methyl sites for hydroxylation is 1. The van der Waals surface area contributed by atoms with Crippen molar-refractivity contribution in [1.29, 1.82) is 0 Å². The van der Waals surface area contributed by atoms with Gasteiger partial charge in [-0.1, -0.05) is 29.8 Å². The minimum Gasteiger partial charge on any atom is -0.292 e. The lowest BCUT2D eigenvalue weighted by Gasteiger charge is -2.34. The van der Waals surface area contributed by atoms with Gasteiger partial charge < -0.3 is 0 Å². The fourth-order valence-electron chi connectivity index (χ4n) is 3.17. The molecule has 0 aliphatic carbocycles. The van der Waals surface area contributed by atoms with E-state index in [4.69, 9.17) is 0 Å². The molecule has 0 saturated carbocycles. The van der Waals surface area contributed by atoms with Gasteiger partial charge in [0, 0.05) is 36.1 Å². The highest BCUT2D eigenvalue weighted by molar-refractivity contribution is 6.08. The molecule has 1 saturated heterocycles. The largest absolute Gasteiger partial charge is 0.292 e. The normalized spacial score (nSPS) is 14.5. The number of benzene rings is 2. The number of non-ortho nitro benzene ring substituents is 1. The van der Waals surface area contributed by atoms with E-state index in [9.17, 15) is 29.3 Å². The lowest BCUT2D eigenvalue weighted by Crippen LogP contribution is -2.55. The van der Waals surface area contributed by atoms with Gasteiger partial charge >= 0.3 is 0 Å². The molecule has 0 N–H and O–H groups in total. The Balaban J connectivity index is 1.99. The summed E-state index contributed by atoms with van der Waals surface area (Å²) < 4.78 is 0. The van der Waals surface area contributed by atoms with Gasteiger partial charge in [-0.25, -0.2) is 5.01 Å². The predicted molar refractivity (Wildman–Crippen MR) is 105 cm³/mol. The van der Waals surface area contributed by atoms with E-state index in [-0.39, 0.29) is 24.1 Å². The third-order valence-electron chi connectivity index (χ3n) is 4.86. The highest BCUT2D eigenvalue weighted by atomic mass is 16.6. The number of rotatable bonds is 6. The van der Waals surface area contributed by atoms with Gasteiger partial charge in [-0.15, -0.1) is 0 Å². The Morgan fingerprint density at radius 2 is 1.47 bits per heavy atom. The van der Waals surface area contributed by atoms with Crippen LogP contribution in [0.5, 0.6) is 0 Å². The first-order chi connectivity index (χ1) is 14.2. The van der Waals surface area contributed by atoms with E-state index >= 15 is 0 Å². The Hall–Kier alpha value is -3.88. The molecular weight excluding hydrogens is 390 g/mol. The molecule has 0 bridgehead atoms. The summed E-state index contributed by atoms with van der Waals surface area (Å²) >= 11 is 0. The van der Waals surface area contributed by atoms with Gasteiger partial charge in [0.2, 0.25) is 11.8 Å². The van der Waals surface area contributed by atoms with E-state index in [2.05, 4.69) is 0 Å². The first kappa shape index (κ1) is 20.8. The molecule has 3 rings (SSSR count). The topological polar surface area (TPSA) is 118 Å². The highest BCUT2D eigenvalue weighted by Crippen LogP contribution is 2.23. The van der Waals surface area contributed by atoms with Crippen molar-refractivity contribution in [2.24, 2.45) is 0 Å². The number of imide groups is 1. The highest BCUT2D eigenvalue weighted by Gasteiger charge is 2.41. The number of hydrogen-bond donors (Lipinski definition) is 0. The molecule has 0 radical (unpaired) electrons. The third kappa shape index (κ3) is 3.95. The Morgan fingerprint density at radius 1 is 0.967 bits per heavy atom. The van der Waals surface area contributed by atoms with Gasteiger partial charge in [0.05, 0.1) is 4.92 Å². The van der Waals surface area contributed by atoms with Crippen LogP contribution < -0.4 is 0 Å². The Kier molecular flexibility index (Phi) is 5.72. The Bertz CT molecular complexity index is 1010. The van der Waals surface area contributed by atoms with E-state index in [1.54, 1.807) is 24.3 Å². The average Bonchev–Trinajstić information content (AvgIpc) is 3.06. The van der Waals surface area contributed by atoms with Crippen molar-refractivity contribution in [2.45, 2.75) is 32.7 Å². The van der Waals surface area contributed by atoms with E-state index in [0.717, 1.165) is 22.7 Å². The summed E-state index contributed by atoms with van der Waals surface area (Å²) in [6.45, 7) is 3.30. The minimum absolute atomic E-state index is 0.0108. The van der Waals surface area contributed by atoms with Crippen LogP contribution in [0.2, 0.25) is 0 Å². The van der Waals surface area contributed by atoms with Crippen LogP contribution in [0.3, 0.4) is 0 Å². The van der Waals surface area contributed by atoms with Gasteiger partial charge in [0.15, 0.2) is 5.78 Å². The predicted octanol–water partition coefficient (Wildman–Crippen LogP) is 2.68. The maximum Gasteiger partial charge on any atom is 0.273 e. The van der Waals surface area contributed by atoms with Crippen molar-refractivity contribution in [3.05, 3.63) is 75.3 Å². The third-order valence-corrected chi connectivity index (χ3v) is 4.86. The molecule has 30 heavy (non-hydrogen) atoms. The molecule has 0 spiro atoms. The van der Waals surface area contributed by atoms with Gasteiger partial charge in [-0.05, 0) is 26.0 Å². The van der Waals surface area contributed by atoms with Crippen LogP contribution in [-0.2, 0) is 9.59 Å². The van der Waals surface area contributed by atoms with Crippen LogP contribution in [0.1, 0.15) is 46.0 Å². The number of hydrogen-bond acceptors (Lipinski definition) is 6. The van der Waals surface area contributed by atoms with Gasteiger partial charge in [0.1, 0.15) is 6.04 Å². The number of nitro groups is 1. The molecule has 9 nitrogen and oxygen atoms in total. The zero-order valence-electron chi connectivity index (χ0n) is 16.4. The lowest BCUT2D eigenvalue weighted by atomic mass is 10.0. The van der Waals surface area contributed by atoms with E-state index in [1.807, 2.05) is 6.92 Å². The first-order valence-corrected chi connectivity index (χ1v) is 9.25. The van der Waals surface area contributed by atoms with Crippen molar-refractivity contribution in [1.82, 2.24) is 10.0 Å². The Labute approximate surface area is 172 Å². The number of carbonyl (C=O) groups excluding carboxylic acids is 4. The van der Waals surface area contributed by atoms with Crippen LogP contribution in [0.15, 0.2) is 48.5 Å². The van der Waals surface area contributed by atoms with Crippen LogP contribution in [0, 0.1) is 17.0 Å². The number of amides is 3. The van der Waals surface area contributed by atoms with Crippen molar-refractivity contribution in [3.8, 4) is 0 Å². The second kappa shape index (κ2) is 8.24. The van der Waals surface area contributed by atoms with Crippen LogP contribution >= 0.6 is 0 Å². The molecule has 2 aromatic rings. The standard InChI is InChI=1S/C21H19N3O6/c1-13-3-5-15(6-4-13)20(27)14(2)22(23-18(25)11-12-19(23)26)21(28)16-7-9-17(10-8-16)24(29)30/h3-10,14H,11-12H2,1-2H3/t14-/m0/s1. The second-order valence-corrected chi connectivity index (χ2v) is 6.96. The van der Waals surface area contributed by atoms with Gasteiger partial charge in [0.25, 0.3) is 11.6 Å². The van der Waals surface area contributed by atoms with Crippen LogP contribution in [0.4, 0.5) is 5.69 Å². The fourth-order valence-corrected chi connectivity index (χ4v) is 3.17. The number of nitrogens with zero attached hydrogens (tertiary/aromatic N) is 3. The maximum absolute atomic E-state index is 13.2. The molecule has 1 heterocycles. The molecule has 0 unspecified atom stereocenters. The molecule has 0 aromatic heterocycles. The smallest absolute Gasteiger partial charge is 0.273 e. The molecule has 1 fully saturated rings. The quantitative estimate of drug-likeness (QED) is 0.313. The zero-order valence-corrected chi connectivity index (χ0v) is 16.4. The Morgan fingerprint density at radius 3 is 1.97 bits per heavy atom. The molecule has 3 amide bonds. The van der Waals surface area contributed by atoms with Crippen molar-refractivity contribution in [3.63, 3.8) is 0 Å². The monoisotopic (exact) mass is 409 g/mol. The fraction of sp³-hybridized carbons (Fsp3) is 0.238. The molecule has 1 aliphatic rings. The van der Waals surface area contributed by atoms with Crippen molar-refractivity contribution < 1.29 is 24.1 Å². The summed E-state index contributed by atoms with van der Waals surface area (Å²) in [6, 6.07) is 10.3.